The molecule has 2 aromatic rings. The molecule has 22 heavy (non-hydrogen) atoms. The number of aromatic amines is 1. The molecule has 0 radical (unpaired) electrons. The number of thioether (sulfide) groups is 1. The summed E-state index contributed by atoms with van der Waals surface area (Å²) < 4.78 is 37.3. The van der Waals surface area contributed by atoms with Gasteiger partial charge in [-0.25, -0.2) is 4.98 Å². The largest absolute Gasteiger partial charge is 0.416 e. The fraction of sp³-hybridized carbons (Fsp3) is 0.308. The molecule has 1 amide bonds. The molecular formula is C13H13F3N4OS. The monoisotopic (exact) mass is 330 g/mol. The van der Waals surface area contributed by atoms with Crippen LogP contribution < -0.4 is 5.32 Å². The number of hydrogen-bond donors (Lipinski definition) is 2. The van der Waals surface area contributed by atoms with Crippen molar-refractivity contribution in [1.82, 2.24) is 15.2 Å². The van der Waals surface area contributed by atoms with Crippen LogP contribution in [0, 0.1) is 6.92 Å². The number of rotatable bonds is 4. The van der Waals surface area contributed by atoms with Gasteiger partial charge in [-0.15, -0.1) is 5.10 Å². The second-order valence-electron chi connectivity index (χ2n) is 4.53. The van der Waals surface area contributed by atoms with Crippen molar-refractivity contribution in [2.24, 2.45) is 0 Å². The van der Waals surface area contributed by atoms with E-state index in [0.717, 1.165) is 23.9 Å². The van der Waals surface area contributed by atoms with Crippen LogP contribution in [0.1, 0.15) is 18.3 Å². The smallest absolute Gasteiger partial charge is 0.325 e. The first-order valence-electron chi connectivity index (χ1n) is 6.29. The van der Waals surface area contributed by atoms with E-state index in [1.54, 1.807) is 13.8 Å². The molecule has 0 bridgehead atoms. The molecule has 1 unspecified atom stereocenters. The van der Waals surface area contributed by atoms with Crippen LogP contribution in [0.2, 0.25) is 0 Å². The lowest BCUT2D eigenvalue weighted by Crippen LogP contribution is -2.22. The number of aromatic nitrogens is 3. The van der Waals surface area contributed by atoms with E-state index in [0.29, 0.717) is 16.7 Å². The summed E-state index contributed by atoms with van der Waals surface area (Å²) in [6.45, 7) is 3.40. The first kappa shape index (κ1) is 16.3. The van der Waals surface area contributed by atoms with Gasteiger partial charge in [-0.05, 0) is 38.1 Å². The van der Waals surface area contributed by atoms with Gasteiger partial charge in [-0.3, -0.25) is 9.89 Å². The highest BCUT2D eigenvalue weighted by atomic mass is 32.2. The zero-order valence-electron chi connectivity index (χ0n) is 11.7. The quantitative estimate of drug-likeness (QED) is 0.844. The van der Waals surface area contributed by atoms with E-state index in [1.165, 1.54) is 12.1 Å². The lowest BCUT2D eigenvalue weighted by atomic mass is 10.2. The summed E-state index contributed by atoms with van der Waals surface area (Å²) in [6, 6.07) is 4.28. The number of carbonyl (C=O) groups excluding carboxylic acids is 1. The topological polar surface area (TPSA) is 70.7 Å². The van der Waals surface area contributed by atoms with Crippen molar-refractivity contribution in [2.75, 3.05) is 5.32 Å². The minimum absolute atomic E-state index is 0.302. The van der Waals surface area contributed by atoms with Gasteiger partial charge in [0.2, 0.25) is 11.1 Å². The maximum absolute atomic E-state index is 12.4. The predicted octanol–water partition coefficient (Wildman–Crippen LogP) is 3.25. The molecule has 118 valence electrons. The lowest BCUT2D eigenvalue weighted by molar-refractivity contribution is -0.137. The van der Waals surface area contributed by atoms with Crippen LogP contribution in [0.3, 0.4) is 0 Å². The Hall–Kier alpha value is -2.03. The molecule has 0 saturated carbocycles. The number of benzene rings is 1. The number of hydrogen-bond acceptors (Lipinski definition) is 4. The van der Waals surface area contributed by atoms with E-state index in [-0.39, 0.29) is 5.91 Å². The fourth-order valence-corrected chi connectivity index (χ4v) is 2.34. The van der Waals surface area contributed by atoms with Crippen LogP contribution in [-0.2, 0) is 11.0 Å². The number of H-pyrrole nitrogens is 1. The summed E-state index contributed by atoms with van der Waals surface area (Å²) in [7, 11) is 0. The predicted molar refractivity (Wildman–Crippen MR) is 76.5 cm³/mol. The summed E-state index contributed by atoms with van der Waals surface area (Å²) >= 11 is 1.15. The molecule has 5 nitrogen and oxygen atoms in total. The SMILES string of the molecule is Cc1nc(SC(C)C(=O)Nc2ccc(C(F)(F)F)cc2)n[nH]1. The van der Waals surface area contributed by atoms with Crippen molar-refractivity contribution in [2.45, 2.75) is 30.4 Å². The molecule has 1 atom stereocenters. The van der Waals surface area contributed by atoms with Gasteiger partial charge in [0.1, 0.15) is 5.82 Å². The van der Waals surface area contributed by atoms with Crippen molar-refractivity contribution >= 4 is 23.4 Å². The van der Waals surface area contributed by atoms with Crippen molar-refractivity contribution in [3.63, 3.8) is 0 Å². The average molecular weight is 330 g/mol. The second kappa shape index (κ2) is 6.39. The zero-order valence-corrected chi connectivity index (χ0v) is 12.5. The maximum Gasteiger partial charge on any atom is 0.416 e. The van der Waals surface area contributed by atoms with Crippen LogP contribution in [0.15, 0.2) is 29.4 Å². The zero-order chi connectivity index (χ0) is 16.3. The highest BCUT2D eigenvalue weighted by molar-refractivity contribution is 8.00. The molecule has 1 heterocycles. The first-order valence-corrected chi connectivity index (χ1v) is 7.17. The minimum Gasteiger partial charge on any atom is -0.325 e. The van der Waals surface area contributed by atoms with Gasteiger partial charge in [-0.1, -0.05) is 11.8 Å². The standard InChI is InChI=1S/C13H13F3N4OS/c1-7(22-12-17-8(2)19-20-12)11(21)18-10-5-3-9(4-6-10)13(14,15)16/h3-7H,1-2H3,(H,18,21)(H,17,19,20). The summed E-state index contributed by atoms with van der Waals surface area (Å²) in [5.74, 6) is 0.296. The number of carbonyl (C=O) groups is 1. The Morgan fingerprint density at radius 2 is 1.95 bits per heavy atom. The van der Waals surface area contributed by atoms with Gasteiger partial charge in [-0.2, -0.15) is 13.2 Å². The number of nitrogens with zero attached hydrogens (tertiary/aromatic N) is 2. The Morgan fingerprint density at radius 3 is 2.45 bits per heavy atom. The summed E-state index contributed by atoms with van der Waals surface area (Å²) in [4.78, 5) is 16.1. The molecule has 0 aliphatic heterocycles. The van der Waals surface area contributed by atoms with Crippen molar-refractivity contribution in [1.29, 1.82) is 0 Å². The number of nitrogens with one attached hydrogen (secondary N) is 2. The molecular weight excluding hydrogens is 317 g/mol. The number of aryl methyl sites for hydroxylation is 1. The Morgan fingerprint density at radius 1 is 1.32 bits per heavy atom. The normalized spacial score (nSPS) is 13.0. The number of anilines is 1. The van der Waals surface area contributed by atoms with Gasteiger partial charge >= 0.3 is 6.18 Å². The highest BCUT2D eigenvalue weighted by Gasteiger charge is 2.30. The van der Waals surface area contributed by atoms with E-state index in [9.17, 15) is 18.0 Å². The van der Waals surface area contributed by atoms with Crippen LogP contribution in [0.5, 0.6) is 0 Å². The van der Waals surface area contributed by atoms with Crippen LogP contribution in [0.25, 0.3) is 0 Å². The molecule has 9 heteroatoms. The highest BCUT2D eigenvalue weighted by Crippen LogP contribution is 2.30. The molecule has 0 aliphatic carbocycles. The molecule has 2 N–H and O–H groups in total. The maximum atomic E-state index is 12.4. The third-order valence-corrected chi connectivity index (χ3v) is 3.67. The molecule has 0 spiro atoms. The van der Waals surface area contributed by atoms with Gasteiger partial charge in [0.25, 0.3) is 0 Å². The van der Waals surface area contributed by atoms with E-state index in [4.69, 9.17) is 0 Å². The molecule has 1 aromatic carbocycles. The Labute approximate surface area is 128 Å². The Bertz CT molecular complexity index is 654. The fourth-order valence-electron chi connectivity index (χ4n) is 1.57. The van der Waals surface area contributed by atoms with Crippen molar-refractivity contribution in [3.8, 4) is 0 Å². The third kappa shape index (κ3) is 4.23. The van der Waals surface area contributed by atoms with Crippen LogP contribution in [-0.4, -0.2) is 26.3 Å². The number of amides is 1. The number of halogens is 3. The Balaban J connectivity index is 1.96. The number of alkyl halides is 3. The Kier molecular flexibility index (Phi) is 4.74. The summed E-state index contributed by atoms with van der Waals surface area (Å²) in [5, 5.41) is 9.07. The van der Waals surface area contributed by atoms with Gasteiger partial charge < -0.3 is 5.32 Å². The van der Waals surface area contributed by atoms with E-state index in [1.807, 2.05) is 0 Å². The molecule has 1 aromatic heterocycles. The molecule has 0 aliphatic rings. The third-order valence-electron chi connectivity index (χ3n) is 2.71. The first-order chi connectivity index (χ1) is 10.3. The molecule has 0 fully saturated rings. The van der Waals surface area contributed by atoms with Gasteiger partial charge in [0, 0.05) is 5.69 Å². The van der Waals surface area contributed by atoms with Crippen molar-refractivity contribution < 1.29 is 18.0 Å². The molecule has 0 saturated heterocycles. The van der Waals surface area contributed by atoms with E-state index < -0.39 is 17.0 Å². The second-order valence-corrected chi connectivity index (χ2v) is 5.84. The van der Waals surface area contributed by atoms with E-state index >= 15 is 0 Å². The molecule has 2 rings (SSSR count). The van der Waals surface area contributed by atoms with E-state index in [2.05, 4.69) is 20.5 Å². The van der Waals surface area contributed by atoms with Crippen LogP contribution in [0.4, 0.5) is 18.9 Å². The minimum atomic E-state index is -4.39. The van der Waals surface area contributed by atoms with Gasteiger partial charge in [0.15, 0.2) is 0 Å². The van der Waals surface area contributed by atoms with Gasteiger partial charge in [0.05, 0.1) is 10.8 Å². The van der Waals surface area contributed by atoms with Crippen molar-refractivity contribution in [3.05, 3.63) is 35.7 Å². The average Bonchev–Trinajstić information content (AvgIpc) is 2.83. The lowest BCUT2D eigenvalue weighted by Gasteiger charge is -2.11. The summed E-state index contributed by atoms with van der Waals surface area (Å²) in [5.41, 5.74) is -0.458. The summed E-state index contributed by atoms with van der Waals surface area (Å²) in [6.07, 6.45) is -4.39. The van der Waals surface area contributed by atoms with Crippen LogP contribution >= 0.6 is 11.8 Å².